The van der Waals surface area contributed by atoms with E-state index >= 15 is 0 Å². The average Bonchev–Trinajstić information content (AvgIpc) is 3.64. The second-order valence-electron chi connectivity index (χ2n) is 12.0. The molecule has 0 unspecified atom stereocenters. The second-order valence-corrected chi connectivity index (χ2v) is 12.0. The molecule has 0 aromatic heterocycles. The van der Waals surface area contributed by atoms with Crippen molar-refractivity contribution in [2.24, 2.45) is 11.8 Å². The predicted octanol–water partition coefficient (Wildman–Crippen LogP) is 3.50. The lowest BCUT2D eigenvalue weighted by Gasteiger charge is -2.44. The Morgan fingerprint density at radius 2 is 1.47 bits per heavy atom. The van der Waals surface area contributed by atoms with Crippen LogP contribution in [0.1, 0.15) is 82.1 Å². The van der Waals surface area contributed by atoms with Crippen molar-refractivity contribution >= 4 is 23.9 Å². The van der Waals surface area contributed by atoms with Gasteiger partial charge in [0.25, 0.3) is 0 Å². The highest BCUT2D eigenvalue weighted by molar-refractivity contribution is 5.88. The lowest BCUT2D eigenvalue weighted by atomic mass is 9.74. The molecule has 1 heterocycles. The molecule has 1 aliphatic carbocycles. The van der Waals surface area contributed by atoms with Crippen molar-refractivity contribution < 1.29 is 53.1 Å². The molecule has 10 atom stereocenters. The Labute approximate surface area is 254 Å². The van der Waals surface area contributed by atoms with E-state index in [-0.39, 0.29) is 17.6 Å². The van der Waals surface area contributed by atoms with Crippen molar-refractivity contribution in [2.45, 2.75) is 130 Å². The van der Waals surface area contributed by atoms with E-state index in [1.807, 2.05) is 6.92 Å². The fraction of sp³-hybridized carbons (Fsp3) is 0.688. The molecule has 1 saturated heterocycles. The average molecular weight is 609 g/mol. The van der Waals surface area contributed by atoms with Crippen molar-refractivity contribution in [3.05, 3.63) is 35.5 Å². The van der Waals surface area contributed by atoms with Crippen molar-refractivity contribution in [1.82, 2.24) is 0 Å². The summed E-state index contributed by atoms with van der Waals surface area (Å²) < 4.78 is 29.3. The van der Waals surface area contributed by atoms with E-state index < -0.39 is 83.5 Å². The second kappa shape index (κ2) is 14.2. The molecule has 1 aliphatic heterocycles. The Morgan fingerprint density at radius 1 is 0.953 bits per heavy atom. The number of epoxide rings is 1. The number of carbonyl (C=O) groups excluding carboxylic acids is 4. The lowest BCUT2D eigenvalue weighted by Crippen LogP contribution is -2.62. The summed E-state index contributed by atoms with van der Waals surface area (Å²) in [7, 11) is 0. The van der Waals surface area contributed by atoms with E-state index in [1.54, 1.807) is 47.6 Å². The van der Waals surface area contributed by atoms with Crippen LogP contribution < -0.4 is 0 Å². The van der Waals surface area contributed by atoms with Gasteiger partial charge >= 0.3 is 23.9 Å². The molecule has 242 valence electrons. The molecule has 2 rings (SSSR count). The molecule has 0 amide bonds. The molecule has 11 heteroatoms. The summed E-state index contributed by atoms with van der Waals surface area (Å²) in [4.78, 5) is 51.6. The zero-order valence-electron chi connectivity index (χ0n) is 27.0. The third-order valence-corrected chi connectivity index (χ3v) is 8.65. The van der Waals surface area contributed by atoms with Crippen LogP contribution in [-0.2, 0) is 42.9 Å². The van der Waals surface area contributed by atoms with Gasteiger partial charge in [-0.1, -0.05) is 38.2 Å². The minimum Gasteiger partial charge on any atom is -0.459 e. The van der Waals surface area contributed by atoms with E-state index in [4.69, 9.17) is 23.7 Å². The number of hydrogen-bond acceptors (Lipinski definition) is 11. The van der Waals surface area contributed by atoms with Gasteiger partial charge in [0, 0.05) is 24.0 Å². The molecular weight excluding hydrogens is 560 g/mol. The summed E-state index contributed by atoms with van der Waals surface area (Å²) in [5, 5.41) is 23.6. The molecule has 0 radical (unpaired) electrons. The zero-order chi connectivity index (χ0) is 33.0. The van der Waals surface area contributed by atoms with Crippen LogP contribution in [0, 0.1) is 11.8 Å². The van der Waals surface area contributed by atoms with Gasteiger partial charge in [0.05, 0.1) is 5.92 Å². The summed E-state index contributed by atoms with van der Waals surface area (Å²) >= 11 is 0. The molecule has 0 aromatic carbocycles. The van der Waals surface area contributed by atoms with Crippen LogP contribution in [0.2, 0.25) is 0 Å². The number of allylic oxidation sites excluding steroid dienone is 2. The zero-order valence-corrected chi connectivity index (χ0v) is 27.0. The number of rotatable bonds is 9. The first-order chi connectivity index (χ1) is 19.9. The van der Waals surface area contributed by atoms with Gasteiger partial charge < -0.3 is 33.9 Å². The third kappa shape index (κ3) is 7.93. The van der Waals surface area contributed by atoms with E-state index in [9.17, 15) is 29.4 Å². The van der Waals surface area contributed by atoms with Crippen LogP contribution in [0.15, 0.2) is 35.5 Å². The van der Waals surface area contributed by atoms with Crippen molar-refractivity contribution in [1.29, 1.82) is 0 Å². The Kier molecular flexibility index (Phi) is 11.9. The molecule has 2 fully saturated rings. The number of hydrogen-bond donors (Lipinski definition) is 2. The summed E-state index contributed by atoms with van der Waals surface area (Å²) in [5.74, 6) is -4.18. The number of esters is 4. The lowest BCUT2D eigenvalue weighted by molar-refractivity contribution is -0.213. The molecule has 0 aromatic rings. The Balaban J connectivity index is 2.84. The van der Waals surface area contributed by atoms with E-state index in [1.165, 1.54) is 19.9 Å². The number of aliphatic hydroxyl groups excluding tert-OH is 1. The smallest absolute Gasteiger partial charge is 0.333 e. The molecule has 2 N–H and O–H groups in total. The Morgan fingerprint density at radius 3 is 1.91 bits per heavy atom. The largest absolute Gasteiger partial charge is 0.459 e. The first kappa shape index (κ1) is 36.2. The molecule has 1 saturated carbocycles. The molecule has 0 bridgehead atoms. The maximum Gasteiger partial charge on any atom is 0.333 e. The van der Waals surface area contributed by atoms with Gasteiger partial charge in [0.1, 0.15) is 35.6 Å². The summed E-state index contributed by atoms with van der Waals surface area (Å²) in [6, 6.07) is 0. The van der Waals surface area contributed by atoms with Gasteiger partial charge in [0.2, 0.25) is 0 Å². The molecule has 2 aliphatic rings. The highest BCUT2D eigenvalue weighted by Gasteiger charge is 2.70. The van der Waals surface area contributed by atoms with Crippen LogP contribution in [-0.4, -0.2) is 81.9 Å². The van der Waals surface area contributed by atoms with Gasteiger partial charge in [-0.05, 0) is 61.3 Å². The van der Waals surface area contributed by atoms with E-state index in [2.05, 4.69) is 6.58 Å². The summed E-state index contributed by atoms with van der Waals surface area (Å²) in [6.07, 6.45) is -5.01. The summed E-state index contributed by atoms with van der Waals surface area (Å²) in [5.41, 5.74) is -2.63. The normalized spacial score (nSPS) is 35.5. The van der Waals surface area contributed by atoms with Gasteiger partial charge in [-0.3, -0.25) is 9.59 Å². The fourth-order valence-corrected chi connectivity index (χ4v) is 5.14. The van der Waals surface area contributed by atoms with Gasteiger partial charge in [-0.25, -0.2) is 9.59 Å². The minimum atomic E-state index is -2.16. The monoisotopic (exact) mass is 608 g/mol. The fourth-order valence-electron chi connectivity index (χ4n) is 5.14. The Bertz CT molecular complexity index is 1150. The quantitative estimate of drug-likeness (QED) is 0.130. The highest BCUT2D eigenvalue weighted by atomic mass is 16.7. The van der Waals surface area contributed by atoms with E-state index in [0.717, 1.165) is 6.92 Å². The third-order valence-electron chi connectivity index (χ3n) is 8.65. The van der Waals surface area contributed by atoms with Crippen LogP contribution >= 0.6 is 0 Å². The van der Waals surface area contributed by atoms with Crippen molar-refractivity contribution in [3.63, 3.8) is 0 Å². The van der Waals surface area contributed by atoms with Gasteiger partial charge in [0.15, 0.2) is 12.2 Å². The Hall–Kier alpha value is -3.02. The van der Waals surface area contributed by atoms with Crippen molar-refractivity contribution in [2.75, 3.05) is 0 Å². The number of carbonyl (C=O) groups is 4. The maximum atomic E-state index is 13.2. The molecule has 43 heavy (non-hydrogen) atoms. The number of ether oxygens (including phenoxy) is 5. The van der Waals surface area contributed by atoms with Crippen LogP contribution in [0.5, 0.6) is 0 Å². The topological polar surface area (TPSA) is 158 Å². The van der Waals surface area contributed by atoms with Gasteiger partial charge in [-0.15, -0.1) is 0 Å². The number of fused-ring (bicyclic) bond motifs is 1. The van der Waals surface area contributed by atoms with Crippen LogP contribution in [0.4, 0.5) is 0 Å². The summed E-state index contributed by atoms with van der Waals surface area (Å²) in [6.45, 7) is 19.7. The van der Waals surface area contributed by atoms with Crippen LogP contribution in [0.3, 0.4) is 0 Å². The van der Waals surface area contributed by atoms with E-state index in [0.29, 0.717) is 12.0 Å². The minimum absolute atomic E-state index is 0.193. The predicted molar refractivity (Wildman–Crippen MR) is 156 cm³/mol. The first-order valence-electron chi connectivity index (χ1n) is 14.7. The van der Waals surface area contributed by atoms with Crippen molar-refractivity contribution in [3.8, 4) is 0 Å². The van der Waals surface area contributed by atoms with Gasteiger partial charge in [-0.2, -0.15) is 0 Å². The standard InChI is InChI=1S/C32H48O11/c1-12-17(6)28(35)40-24-21(16(4)5)15-22(39-20(9)33)31(10,38)25(41-29(36)18(7)13-2)23(34)26-32(11,43-26)27(24)42-30(37)19(8)14-3/h13-14,17,21-27,34,38H,4,12,15H2,1-3,5-11H3/b18-13-,19-14-/t17-,21-,22-,23-,24+,25+,26-,27+,31-,32+/m1/s1. The molecular formula is C32H48O11. The first-order valence-corrected chi connectivity index (χ1v) is 14.7. The molecule has 11 nitrogen and oxygen atoms in total. The maximum absolute atomic E-state index is 13.2. The highest BCUT2D eigenvalue weighted by Crippen LogP contribution is 2.50. The SMILES string of the molecule is C=C(C)[C@H]1C[C@@H](OC(C)=O)[C@@](C)(O)[C@@H](OC(=O)/C(C)=C\C)[C@@H](O)[C@H]2O[C@]2(C)[C@@H](OC(=O)/C(C)=C\C)[C@H]1OC(=O)[C@H](C)CC. The van der Waals surface area contributed by atoms with Crippen LogP contribution in [0.25, 0.3) is 0 Å². The number of aliphatic hydroxyl groups is 2. The molecule has 0 spiro atoms.